The molecule has 0 spiro atoms. The maximum absolute atomic E-state index is 5.90. The maximum atomic E-state index is 5.90. The number of rotatable bonds is 4. The molecule has 0 aliphatic heterocycles. The number of hydrogen-bond acceptors (Lipinski definition) is 6. The topological polar surface area (TPSA) is 72.6 Å². The zero-order valence-electron chi connectivity index (χ0n) is 10.4. The fraction of sp³-hybridized carbons (Fsp3) is 0.500. The predicted molar refractivity (Wildman–Crippen MR) is 67.9 cm³/mol. The van der Waals surface area contributed by atoms with Crippen molar-refractivity contribution >= 4 is 17.5 Å². The lowest BCUT2D eigenvalue weighted by molar-refractivity contribution is 0.627. The Labute approximate surface area is 110 Å². The Bertz CT molecular complexity index is 511. The van der Waals surface area contributed by atoms with E-state index in [0.717, 1.165) is 6.54 Å². The smallest absolute Gasteiger partial charge is 0.258 e. The zero-order valence-corrected chi connectivity index (χ0v) is 11.2. The third-order valence-corrected chi connectivity index (χ3v) is 2.36. The Balaban J connectivity index is 2.32. The maximum Gasteiger partial charge on any atom is 0.258 e. The first kappa shape index (κ1) is 12.7. The molecule has 0 aliphatic rings. The first-order valence-electron chi connectivity index (χ1n) is 5.54. The van der Waals surface area contributed by atoms with Crippen LogP contribution < -0.4 is 4.90 Å². The molecule has 2 rings (SSSR count). The summed E-state index contributed by atoms with van der Waals surface area (Å²) in [6.07, 6.45) is 2.92. The summed E-state index contributed by atoms with van der Waals surface area (Å²) in [5.41, 5.74) is 0. The van der Waals surface area contributed by atoms with Gasteiger partial charge in [0.15, 0.2) is 0 Å². The molecule has 0 aromatic carbocycles. The Kier molecular flexibility index (Phi) is 3.71. The van der Waals surface area contributed by atoms with Crippen LogP contribution in [0, 0.1) is 5.92 Å². The van der Waals surface area contributed by atoms with Crippen molar-refractivity contribution in [2.75, 3.05) is 18.5 Å². The first-order valence-corrected chi connectivity index (χ1v) is 5.91. The minimum absolute atomic E-state index is 0.140. The highest BCUT2D eigenvalue weighted by Crippen LogP contribution is 2.12. The normalized spacial score (nSPS) is 10.9. The highest BCUT2D eigenvalue weighted by atomic mass is 35.5. The quantitative estimate of drug-likeness (QED) is 0.829. The third-order valence-electron chi connectivity index (χ3n) is 2.19. The van der Waals surface area contributed by atoms with Crippen LogP contribution in [0.2, 0.25) is 5.28 Å². The minimum Gasteiger partial charge on any atom is -0.343 e. The van der Waals surface area contributed by atoms with E-state index in [1.807, 2.05) is 11.9 Å². The Morgan fingerprint density at radius 1 is 1.33 bits per heavy atom. The van der Waals surface area contributed by atoms with Gasteiger partial charge in [0.1, 0.15) is 12.7 Å². The lowest BCUT2D eigenvalue weighted by Gasteiger charge is -2.19. The van der Waals surface area contributed by atoms with Crippen molar-refractivity contribution in [3.8, 4) is 5.95 Å². The van der Waals surface area contributed by atoms with E-state index >= 15 is 0 Å². The average molecular weight is 268 g/mol. The van der Waals surface area contributed by atoms with Crippen LogP contribution in [0.4, 0.5) is 5.95 Å². The van der Waals surface area contributed by atoms with E-state index in [1.54, 1.807) is 0 Å². The summed E-state index contributed by atoms with van der Waals surface area (Å²) in [5, 5.41) is 4.10. The van der Waals surface area contributed by atoms with Crippen molar-refractivity contribution in [3.63, 3.8) is 0 Å². The van der Waals surface area contributed by atoms with E-state index < -0.39 is 0 Å². The summed E-state index contributed by atoms with van der Waals surface area (Å²) in [7, 11) is 1.91. The molecule has 96 valence electrons. The van der Waals surface area contributed by atoms with Gasteiger partial charge < -0.3 is 4.90 Å². The molecule has 8 heteroatoms. The molecule has 0 N–H and O–H groups in total. The molecule has 2 aromatic rings. The van der Waals surface area contributed by atoms with Gasteiger partial charge in [0.05, 0.1) is 0 Å². The van der Waals surface area contributed by atoms with Crippen molar-refractivity contribution in [1.29, 1.82) is 0 Å². The van der Waals surface area contributed by atoms with Gasteiger partial charge in [-0.15, -0.1) is 0 Å². The van der Waals surface area contributed by atoms with Crippen molar-refractivity contribution < 1.29 is 0 Å². The van der Waals surface area contributed by atoms with Crippen LogP contribution in [0.15, 0.2) is 12.7 Å². The van der Waals surface area contributed by atoms with Crippen molar-refractivity contribution in [3.05, 3.63) is 17.9 Å². The average Bonchev–Trinajstić information content (AvgIpc) is 2.80. The second-order valence-electron chi connectivity index (χ2n) is 4.32. The van der Waals surface area contributed by atoms with Gasteiger partial charge in [-0.3, -0.25) is 0 Å². The van der Waals surface area contributed by atoms with E-state index in [9.17, 15) is 0 Å². The van der Waals surface area contributed by atoms with Gasteiger partial charge in [-0.1, -0.05) is 13.8 Å². The molecule has 18 heavy (non-hydrogen) atoms. The van der Waals surface area contributed by atoms with Gasteiger partial charge in [-0.25, -0.2) is 4.98 Å². The lowest BCUT2D eigenvalue weighted by Crippen LogP contribution is -2.25. The summed E-state index contributed by atoms with van der Waals surface area (Å²) >= 11 is 5.90. The Hall–Kier alpha value is -1.76. The monoisotopic (exact) mass is 267 g/mol. The van der Waals surface area contributed by atoms with Crippen molar-refractivity contribution in [1.82, 2.24) is 29.7 Å². The number of hydrogen-bond donors (Lipinski definition) is 0. The first-order chi connectivity index (χ1) is 8.56. The van der Waals surface area contributed by atoms with E-state index in [0.29, 0.717) is 17.8 Å². The summed E-state index contributed by atoms with van der Waals surface area (Å²) in [6.45, 7) is 5.08. The van der Waals surface area contributed by atoms with Crippen LogP contribution in [-0.2, 0) is 0 Å². The van der Waals surface area contributed by atoms with Crippen LogP contribution in [0.25, 0.3) is 5.95 Å². The fourth-order valence-corrected chi connectivity index (χ4v) is 1.69. The molecule has 0 amide bonds. The van der Waals surface area contributed by atoms with Gasteiger partial charge in [0.25, 0.3) is 5.95 Å². The molecule has 0 aliphatic carbocycles. The third kappa shape index (κ3) is 2.92. The highest BCUT2D eigenvalue weighted by molar-refractivity contribution is 6.28. The molecule has 0 fully saturated rings. The summed E-state index contributed by atoms with van der Waals surface area (Å²) in [4.78, 5) is 18.2. The van der Waals surface area contributed by atoms with Crippen LogP contribution in [0.5, 0.6) is 0 Å². The van der Waals surface area contributed by atoms with Crippen molar-refractivity contribution in [2.24, 2.45) is 5.92 Å². The zero-order chi connectivity index (χ0) is 13.1. The molecular weight excluding hydrogens is 254 g/mol. The summed E-state index contributed by atoms with van der Waals surface area (Å²) < 4.78 is 1.44. The molecule has 2 heterocycles. The Morgan fingerprint density at radius 3 is 2.72 bits per heavy atom. The van der Waals surface area contributed by atoms with Gasteiger partial charge in [0.2, 0.25) is 11.2 Å². The summed E-state index contributed by atoms with van der Waals surface area (Å²) in [5.74, 6) is 1.38. The number of halogens is 1. The van der Waals surface area contributed by atoms with E-state index in [1.165, 1.54) is 17.3 Å². The molecule has 0 saturated carbocycles. The molecule has 0 saturated heterocycles. The van der Waals surface area contributed by atoms with Gasteiger partial charge in [0, 0.05) is 13.6 Å². The SMILES string of the molecule is CC(C)CN(C)c1nc(Cl)nc(-n2cncn2)n1. The molecule has 0 bridgehead atoms. The second kappa shape index (κ2) is 5.26. The van der Waals surface area contributed by atoms with E-state index in [2.05, 4.69) is 38.9 Å². The largest absolute Gasteiger partial charge is 0.343 e. The van der Waals surface area contributed by atoms with Gasteiger partial charge in [-0.05, 0) is 17.5 Å². The van der Waals surface area contributed by atoms with Crippen LogP contribution >= 0.6 is 11.6 Å². The lowest BCUT2D eigenvalue weighted by atomic mass is 10.2. The van der Waals surface area contributed by atoms with Gasteiger partial charge >= 0.3 is 0 Å². The molecule has 0 unspecified atom stereocenters. The molecule has 0 atom stereocenters. The van der Waals surface area contributed by atoms with E-state index in [4.69, 9.17) is 11.6 Å². The van der Waals surface area contributed by atoms with Gasteiger partial charge in [-0.2, -0.15) is 24.7 Å². The number of nitrogens with zero attached hydrogens (tertiary/aromatic N) is 7. The Morgan fingerprint density at radius 2 is 2.11 bits per heavy atom. The fourth-order valence-electron chi connectivity index (χ4n) is 1.54. The molecule has 7 nitrogen and oxygen atoms in total. The van der Waals surface area contributed by atoms with Crippen LogP contribution in [0.3, 0.4) is 0 Å². The van der Waals surface area contributed by atoms with Crippen molar-refractivity contribution in [2.45, 2.75) is 13.8 Å². The predicted octanol–water partition coefficient (Wildman–Crippen LogP) is 1.20. The molecule has 2 aromatic heterocycles. The molecular formula is C10H14ClN7. The summed E-state index contributed by atoms with van der Waals surface area (Å²) in [6, 6.07) is 0. The standard InChI is InChI=1S/C10H14ClN7/c1-7(2)4-17(3)9-14-8(11)15-10(16-9)18-6-12-5-13-18/h5-7H,4H2,1-3H3. The van der Waals surface area contributed by atoms with E-state index in [-0.39, 0.29) is 5.28 Å². The number of aromatic nitrogens is 6. The number of anilines is 1. The minimum atomic E-state index is 0.140. The second-order valence-corrected chi connectivity index (χ2v) is 4.66. The molecule has 0 radical (unpaired) electrons. The van der Waals surface area contributed by atoms with Crippen LogP contribution in [0.1, 0.15) is 13.8 Å². The highest BCUT2D eigenvalue weighted by Gasteiger charge is 2.11. The van der Waals surface area contributed by atoms with Crippen LogP contribution in [-0.4, -0.2) is 43.3 Å².